The number of methoxy groups -OCH3 is 2. The first-order valence-electron chi connectivity index (χ1n) is 8.90. The van der Waals surface area contributed by atoms with Gasteiger partial charge in [0.2, 0.25) is 0 Å². The van der Waals surface area contributed by atoms with E-state index in [1.807, 2.05) is 0 Å². The average Bonchev–Trinajstić information content (AvgIpc) is 3.05. The van der Waals surface area contributed by atoms with Crippen LogP contribution >= 0.6 is 11.6 Å². The van der Waals surface area contributed by atoms with E-state index in [0.29, 0.717) is 22.7 Å². The number of halogens is 2. The highest BCUT2D eigenvalue weighted by Crippen LogP contribution is 2.24. The van der Waals surface area contributed by atoms with Crippen LogP contribution in [0.1, 0.15) is 32.0 Å². The number of amides is 1. The number of hydrogen-bond donors (Lipinski definition) is 1. The Morgan fingerprint density at radius 1 is 1.17 bits per heavy atom. The van der Waals surface area contributed by atoms with Crippen LogP contribution in [0, 0.1) is 12.7 Å². The van der Waals surface area contributed by atoms with E-state index in [2.05, 4.69) is 10.4 Å². The molecule has 0 saturated carbocycles. The summed E-state index contributed by atoms with van der Waals surface area (Å²) < 4.78 is 24.4. The van der Waals surface area contributed by atoms with Gasteiger partial charge in [0.05, 0.1) is 31.2 Å². The first-order chi connectivity index (χ1) is 14.3. The smallest absolute Gasteiger partial charge is 0.341 e. The van der Waals surface area contributed by atoms with Gasteiger partial charge >= 0.3 is 5.97 Å². The zero-order valence-electron chi connectivity index (χ0n) is 16.5. The molecule has 0 bridgehead atoms. The number of nitrogens with zero attached hydrogens (tertiary/aromatic N) is 2. The van der Waals surface area contributed by atoms with Crippen molar-refractivity contribution >= 4 is 23.5 Å². The monoisotopic (exact) mass is 431 g/mol. The summed E-state index contributed by atoms with van der Waals surface area (Å²) in [4.78, 5) is 24.6. The molecular formula is C21H19ClFN3O4. The van der Waals surface area contributed by atoms with Gasteiger partial charge in [0.25, 0.3) is 5.91 Å². The summed E-state index contributed by atoms with van der Waals surface area (Å²) in [6.45, 7) is 1.80. The number of esters is 1. The predicted molar refractivity (Wildman–Crippen MR) is 109 cm³/mol. The zero-order chi connectivity index (χ0) is 21.8. The predicted octanol–water partition coefficient (Wildman–Crippen LogP) is 3.70. The number of rotatable bonds is 6. The molecule has 1 N–H and O–H groups in total. The Balaban J connectivity index is 1.80. The molecule has 1 heterocycles. The van der Waals surface area contributed by atoms with Gasteiger partial charge in [-0.25, -0.2) is 13.9 Å². The zero-order valence-corrected chi connectivity index (χ0v) is 17.3. The molecule has 0 spiro atoms. The summed E-state index contributed by atoms with van der Waals surface area (Å²) in [5.41, 5.74) is 2.09. The number of hydrogen-bond acceptors (Lipinski definition) is 5. The van der Waals surface area contributed by atoms with Crippen molar-refractivity contribution in [2.24, 2.45) is 0 Å². The molecule has 1 aromatic heterocycles. The lowest BCUT2D eigenvalue weighted by Gasteiger charge is -2.10. The van der Waals surface area contributed by atoms with E-state index < -0.39 is 11.9 Å². The fourth-order valence-electron chi connectivity index (χ4n) is 2.92. The fourth-order valence-corrected chi connectivity index (χ4v) is 3.27. The third kappa shape index (κ3) is 4.28. The Bertz CT molecular complexity index is 1100. The molecule has 0 saturated heterocycles. The van der Waals surface area contributed by atoms with Crippen molar-refractivity contribution in [3.63, 3.8) is 0 Å². The Kier molecular flexibility index (Phi) is 6.37. The minimum atomic E-state index is -0.542. The Labute approximate surface area is 177 Å². The molecule has 1 amide bonds. The molecule has 0 aliphatic carbocycles. The Hall–Kier alpha value is -3.39. The van der Waals surface area contributed by atoms with E-state index in [1.54, 1.807) is 25.1 Å². The van der Waals surface area contributed by atoms with Gasteiger partial charge in [-0.05, 0) is 48.9 Å². The SMILES string of the molecule is COC(=O)c1cc(CNC(=O)c2c(C)nn(-c3ccc(F)cc3)c2Cl)ccc1OC. The van der Waals surface area contributed by atoms with Crippen LogP contribution in [0.3, 0.4) is 0 Å². The molecule has 0 atom stereocenters. The van der Waals surface area contributed by atoms with Crippen molar-refractivity contribution < 1.29 is 23.5 Å². The van der Waals surface area contributed by atoms with Crippen molar-refractivity contribution in [2.75, 3.05) is 14.2 Å². The van der Waals surface area contributed by atoms with Gasteiger partial charge in [-0.2, -0.15) is 5.10 Å². The third-order valence-electron chi connectivity index (χ3n) is 4.42. The van der Waals surface area contributed by atoms with E-state index in [0.717, 1.165) is 0 Å². The van der Waals surface area contributed by atoms with Gasteiger partial charge in [0.1, 0.15) is 22.3 Å². The van der Waals surface area contributed by atoms with Gasteiger partial charge in [-0.1, -0.05) is 17.7 Å². The normalized spacial score (nSPS) is 10.6. The molecular weight excluding hydrogens is 413 g/mol. The molecule has 0 aliphatic heterocycles. The summed E-state index contributed by atoms with van der Waals surface area (Å²) >= 11 is 6.37. The molecule has 0 radical (unpaired) electrons. The molecule has 0 fully saturated rings. The quantitative estimate of drug-likeness (QED) is 0.602. The highest BCUT2D eigenvalue weighted by molar-refractivity contribution is 6.33. The van der Waals surface area contributed by atoms with Crippen molar-refractivity contribution in [1.82, 2.24) is 15.1 Å². The molecule has 7 nitrogen and oxygen atoms in total. The molecule has 2 aromatic carbocycles. The number of carbonyl (C=O) groups is 2. The fraction of sp³-hybridized carbons (Fsp3) is 0.190. The van der Waals surface area contributed by atoms with Crippen molar-refractivity contribution in [3.8, 4) is 11.4 Å². The standard InChI is InChI=1S/C21H19ClFN3O4/c1-12-18(19(22)26(25-12)15-7-5-14(23)6-8-15)20(27)24-11-13-4-9-17(29-2)16(10-13)21(28)30-3/h4-10H,11H2,1-3H3,(H,24,27). The minimum Gasteiger partial charge on any atom is -0.496 e. The second-order valence-corrected chi connectivity index (χ2v) is 6.71. The van der Waals surface area contributed by atoms with Crippen molar-refractivity contribution in [2.45, 2.75) is 13.5 Å². The van der Waals surface area contributed by atoms with Crippen LogP contribution in [0.25, 0.3) is 5.69 Å². The largest absolute Gasteiger partial charge is 0.496 e. The van der Waals surface area contributed by atoms with E-state index in [1.165, 1.54) is 43.2 Å². The van der Waals surface area contributed by atoms with Gasteiger partial charge in [-0.3, -0.25) is 4.79 Å². The number of ether oxygens (including phenoxy) is 2. The first-order valence-corrected chi connectivity index (χ1v) is 9.28. The van der Waals surface area contributed by atoms with Gasteiger partial charge in [-0.15, -0.1) is 0 Å². The van der Waals surface area contributed by atoms with E-state index in [9.17, 15) is 14.0 Å². The van der Waals surface area contributed by atoms with Crippen molar-refractivity contribution in [1.29, 1.82) is 0 Å². The second kappa shape index (κ2) is 8.96. The van der Waals surface area contributed by atoms with E-state index in [-0.39, 0.29) is 28.6 Å². The van der Waals surface area contributed by atoms with Crippen LogP contribution in [-0.2, 0) is 11.3 Å². The summed E-state index contributed by atoms with van der Waals surface area (Å²) in [6.07, 6.45) is 0. The maximum Gasteiger partial charge on any atom is 0.341 e. The van der Waals surface area contributed by atoms with Crippen LogP contribution in [-0.4, -0.2) is 35.9 Å². The third-order valence-corrected chi connectivity index (χ3v) is 4.77. The topological polar surface area (TPSA) is 82.5 Å². The number of benzene rings is 2. The molecule has 3 rings (SSSR count). The number of aromatic nitrogens is 2. The maximum absolute atomic E-state index is 13.2. The van der Waals surface area contributed by atoms with Crippen LogP contribution in [0.5, 0.6) is 5.75 Å². The van der Waals surface area contributed by atoms with Crippen LogP contribution in [0.2, 0.25) is 5.15 Å². The second-order valence-electron chi connectivity index (χ2n) is 6.35. The van der Waals surface area contributed by atoms with E-state index in [4.69, 9.17) is 21.1 Å². The molecule has 9 heteroatoms. The Morgan fingerprint density at radius 3 is 2.50 bits per heavy atom. The van der Waals surface area contributed by atoms with Gasteiger partial charge < -0.3 is 14.8 Å². The molecule has 156 valence electrons. The average molecular weight is 432 g/mol. The summed E-state index contributed by atoms with van der Waals surface area (Å²) in [5.74, 6) is -0.986. The molecule has 3 aromatic rings. The summed E-state index contributed by atoms with van der Waals surface area (Å²) in [5, 5.41) is 7.16. The summed E-state index contributed by atoms with van der Waals surface area (Å²) in [6, 6.07) is 10.5. The highest BCUT2D eigenvalue weighted by atomic mass is 35.5. The van der Waals surface area contributed by atoms with Crippen molar-refractivity contribution in [3.05, 3.63) is 75.8 Å². The number of nitrogens with one attached hydrogen (secondary N) is 1. The Morgan fingerprint density at radius 2 is 1.87 bits per heavy atom. The molecule has 0 aliphatic rings. The van der Waals surface area contributed by atoms with Gasteiger partial charge in [0.15, 0.2) is 0 Å². The molecule has 30 heavy (non-hydrogen) atoms. The summed E-state index contributed by atoms with van der Waals surface area (Å²) in [7, 11) is 2.73. The molecule has 0 unspecified atom stereocenters. The lowest BCUT2D eigenvalue weighted by molar-refractivity contribution is 0.0597. The number of carbonyl (C=O) groups excluding carboxylic acids is 2. The van der Waals surface area contributed by atoms with E-state index >= 15 is 0 Å². The van der Waals surface area contributed by atoms with Crippen LogP contribution in [0.15, 0.2) is 42.5 Å². The highest BCUT2D eigenvalue weighted by Gasteiger charge is 2.21. The van der Waals surface area contributed by atoms with Crippen LogP contribution < -0.4 is 10.1 Å². The number of aryl methyl sites for hydroxylation is 1. The minimum absolute atomic E-state index is 0.113. The van der Waals surface area contributed by atoms with Crippen LogP contribution in [0.4, 0.5) is 4.39 Å². The lowest BCUT2D eigenvalue weighted by atomic mass is 10.1. The van der Waals surface area contributed by atoms with Gasteiger partial charge in [0, 0.05) is 6.54 Å². The lowest BCUT2D eigenvalue weighted by Crippen LogP contribution is -2.23. The first kappa shape index (κ1) is 21.3. The maximum atomic E-state index is 13.2.